The quantitative estimate of drug-likeness (QED) is 0.807. The SMILES string of the molecule is CCOCC1(C(=O)N[C@H]2CCC[C@H](SC)C2)CC1. The van der Waals surface area contributed by atoms with Crippen molar-refractivity contribution in [2.24, 2.45) is 5.41 Å². The lowest BCUT2D eigenvalue weighted by Gasteiger charge is -2.30. The predicted octanol–water partition coefficient (Wildman–Crippen LogP) is 2.59. The normalized spacial score (nSPS) is 29.9. The van der Waals surface area contributed by atoms with Crippen molar-refractivity contribution in [1.82, 2.24) is 5.32 Å². The summed E-state index contributed by atoms with van der Waals surface area (Å²) in [5.74, 6) is 0.239. The Morgan fingerprint density at radius 1 is 1.44 bits per heavy atom. The Morgan fingerprint density at radius 2 is 2.22 bits per heavy atom. The summed E-state index contributed by atoms with van der Waals surface area (Å²) in [7, 11) is 0. The first-order valence-corrected chi connectivity index (χ1v) is 8.40. The van der Waals surface area contributed by atoms with Crippen molar-refractivity contribution in [3.05, 3.63) is 0 Å². The minimum absolute atomic E-state index is 0.178. The number of thioether (sulfide) groups is 1. The average molecular weight is 271 g/mol. The molecule has 1 amide bonds. The lowest BCUT2D eigenvalue weighted by atomic mass is 9.94. The van der Waals surface area contributed by atoms with Crippen LogP contribution in [0.1, 0.15) is 45.4 Å². The van der Waals surface area contributed by atoms with Crippen LogP contribution in [0.2, 0.25) is 0 Å². The van der Waals surface area contributed by atoms with E-state index in [9.17, 15) is 4.79 Å². The number of amides is 1. The molecule has 0 aliphatic heterocycles. The summed E-state index contributed by atoms with van der Waals surface area (Å²) >= 11 is 1.94. The highest BCUT2D eigenvalue weighted by molar-refractivity contribution is 7.99. The molecule has 104 valence electrons. The largest absolute Gasteiger partial charge is 0.381 e. The summed E-state index contributed by atoms with van der Waals surface area (Å²) < 4.78 is 5.45. The van der Waals surface area contributed by atoms with Crippen molar-refractivity contribution in [2.75, 3.05) is 19.5 Å². The van der Waals surface area contributed by atoms with Gasteiger partial charge in [0.25, 0.3) is 0 Å². The molecule has 18 heavy (non-hydrogen) atoms. The molecule has 0 radical (unpaired) electrons. The van der Waals surface area contributed by atoms with Crippen LogP contribution in [0.25, 0.3) is 0 Å². The van der Waals surface area contributed by atoms with Crippen LogP contribution in [0.15, 0.2) is 0 Å². The van der Waals surface area contributed by atoms with E-state index in [-0.39, 0.29) is 11.3 Å². The fourth-order valence-electron chi connectivity index (χ4n) is 2.71. The molecule has 0 saturated heterocycles. The van der Waals surface area contributed by atoms with E-state index >= 15 is 0 Å². The molecule has 0 aromatic carbocycles. The van der Waals surface area contributed by atoms with Gasteiger partial charge in [0.2, 0.25) is 5.91 Å². The minimum atomic E-state index is -0.178. The molecule has 0 spiro atoms. The summed E-state index contributed by atoms with van der Waals surface area (Å²) in [6.45, 7) is 3.29. The van der Waals surface area contributed by atoms with Gasteiger partial charge in [0, 0.05) is 17.9 Å². The minimum Gasteiger partial charge on any atom is -0.381 e. The topological polar surface area (TPSA) is 38.3 Å². The second-order valence-corrected chi connectivity index (χ2v) is 6.75. The van der Waals surface area contributed by atoms with Crippen molar-refractivity contribution in [3.63, 3.8) is 0 Å². The Morgan fingerprint density at radius 3 is 2.83 bits per heavy atom. The molecule has 1 N–H and O–H groups in total. The Hall–Kier alpha value is -0.220. The summed E-state index contributed by atoms with van der Waals surface area (Å²) in [5, 5.41) is 3.99. The molecule has 0 unspecified atom stereocenters. The Balaban J connectivity index is 1.80. The monoisotopic (exact) mass is 271 g/mol. The van der Waals surface area contributed by atoms with E-state index in [1.807, 2.05) is 18.7 Å². The molecule has 4 heteroatoms. The number of carbonyl (C=O) groups is 1. The molecule has 2 aliphatic rings. The molecular formula is C14H25NO2S. The highest BCUT2D eigenvalue weighted by atomic mass is 32.2. The predicted molar refractivity (Wildman–Crippen MR) is 75.9 cm³/mol. The first kappa shape index (κ1) is 14.2. The zero-order valence-corrected chi connectivity index (χ0v) is 12.4. The van der Waals surface area contributed by atoms with E-state index in [1.54, 1.807) is 0 Å². The molecule has 0 bridgehead atoms. The summed E-state index contributed by atoms with van der Waals surface area (Å²) in [5.41, 5.74) is -0.178. The maximum absolute atomic E-state index is 12.3. The van der Waals surface area contributed by atoms with Crippen LogP contribution in [-0.4, -0.2) is 36.7 Å². The lowest BCUT2D eigenvalue weighted by Crippen LogP contribution is -2.44. The zero-order valence-electron chi connectivity index (χ0n) is 11.5. The number of carbonyl (C=O) groups excluding carboxylic acids is 1. The van der Waals surface area contributed by atoms with Crippen LogP contribution in [0, 0.1) is 5.41 Å². The van der Waals surface area contributed by atoms with Crippen molar-refractivity contribution < 1.29 is 9.53 Å². The third kappa shape index (κ3) is 3.41. The van der Waals surface area contributed by atoms with Crippen molar-refractivity contribution in [3.8, 4) is 0 Å². The van der Waals surface area contributed by atoms with Crippen molar-refractivity contribution in [2.45, 2.75) is 56.7 Å². The first-order chi connectivity index (χ1) is 8.70. The van der Waals surface area contributed by atoms with Crippen LogP contribution >= 0.6 is 11.8 Å². The molecule has 3 nitrogen and oxygen atoms in total. The highest BCUT2D eigenvalue weighted by Gasteiger charge is 2.50. The Bertz CT molecular complexity index is 292. The van der Waals surface area contributed by atoms with Gasteiger partial charge in [0.1, 0.15) is 0 Å². The number of hydrogen-bond donors (Lipinski definition) is 1. The van der Waals surface area contributed by atoms with Crippen LogP contribution in [0.3, 0.4) is 0 Å². The van der Waals surface area contributed by atoms with Crippen LogP contribution < -0.4 is 5.32 Å². The van der Waals surface area contributed by atoms with Gasteiger partial charge in [0.15, 0.2) is 0 Å². The van der Waals surface area contributed by atoms with Gasteiger partial charge in [-0.1, -0.05) is 6.42 Å². The zero-order chi connectivity index (χ0) is 13.0. The molecule has 0 aromatic rings. The smallest absolute Gasteiger partial charge is 0.228 e. The Labute approximate surface area is 114 Å². The standard InChI is InChI=1S/C14H25NO2S/c1-3-17-10-14(7-8-14)13(16)15-11-5-4-6-12(9-11)18-2/h11-12H,3-10H2,1-2H3,(H,15,16)/t11-,12-/m0/s1. The van der Waals surface area contributed by atoms with Crippen LogP contribution in [0.5, 0.6) is 0 Å². The molecular weight excluding hydrogens is 246 g/mol. The number of rotatable bonds is 6. The molecule has 2 rings (SSSR count). The number of hydrogen-bond acceptors (Lipinski definition) is 3. The van der Waals surface area contributed by atoms with Gasteiger partial charge in [-0.05, 0) is 45.3 Å². The van der Waals surface area contributed by atoms with Gasteiger partial charge in [-0.15, -0.1) is 0 Å². The molecule has 2 saturated carbocycles. The molecule has 2 aliphatic carbocycles. The van der Waals surface area contributed by atoms with E-state index in [1.165, 1.54) is 12.8 Å². The molecule has 0 heterocycles. The maximum atomic E-state index is 12.3. The van der Waals surface area contributed by atoms with Crippen LogP contribution in [0.4, 0.5) is 0 Å². The fourth-order valence-corrected chi connectivity index (χ4v) is 3.54. The van der Waals surface area contributed by atoms with E-state index in [4.69, 9.17) is 4.74 Å². The lowest BCUT2D eigenvalue weighted by molar-refractivity contribution is -0.129. The average Bonchev–Trinajstić information content (AvgIpc) is 3.18. The maximum Gasteiger partial charge on any atom is 0.228 e. The fraction of sp³-hybridized carbons (Fsp3) is 0.929. The number of ether oxygens (including phenoxy) is 1. The van der Waals surface area contributed by atoms with E-state index in [0.717, 1.165) is 30.9 Å². The van der Waals surface area contributed by atoms with Gasteiger partial charge in [-0.2, -0.15) is 11.8 Å². The second-order valence-electron chi connectivity index (χ2n) is 5.61. The van der Waals surface area contributed by atoms with Crippen molar-refractivity contribution >= 4 is 17.7 Å². The summed E-state index contributed by atoms with van der Waals surface area (Å²) in [6, 6.07) is 0.391. The van der Waals surface area contributed by atoms with Crippen LogP contribution in [-0.2, 0) is 9.53 Å². The van der Waals surface area contributed by atoms with Gasteiger partial charge in [-0.25, -0.2) is 0 Å². The van der Waals surface area contributed by atoms with Gasteiger partial charge in [-0.3, -0.25) is 4.79 Å². The van der Waals surface area contributed by atoms with E-state index in [0.29, 0.717) is 19.3 Å². The van der Waals surface area contributed by atoms with Gasteiger partial charge < -0.3 is 10.1 Å². The number of nitrogens with one attached hydrogen (secondary N) is 1. The molecule has 0 aromatic heterocycles. The summed E-state index contributed by atoms with van der Waals surface area (Å²) in [6.07, 6.45) is 9.00. The second kappa shape index (κ2) is 6.29. The first-order valence-electron chi connectivity index (χ1n) is 7.11. The van der Waals surface area contributed by atoms with E-state index in [2.05, 4.69) is 11.6 Å². The highest BCUT2D eigenvalue weighted by Crippen LogP contribution is 2.46. The van der Waals surface area contributed by atoms with Crippen molar-refractivity contribution in [1.29, 1.82) is 0 Å². The molecule has 2 atom stereocenters. The summed E-state index contributed by atoms with van der Waals surface area (Å²) in [4.78, 5) is 12.3. The van der Waals surface area contributed by atoms with Gasteiger partial charge in [0.05, 0.1) is 12.0 Å². The Kier molecular flexibility index (Phi) is 4.96. The third-order valence-corrected chi connectivity index (χ3v) is 5.31. The van der Waals surface area contributed by atoms with Gasteiger partial charge >= 0.3 is 0 Å². The van der Waals surface area contributed by atoms with E-state index < -0.39 is 0 Å². The molecule has 2 fully saturated rings. The third-order valence-electron chi connectivity index (χ3n) is 4.21.